The number of halogens is 5. The number of likely N-dealkylation sites (tertiary alicyclic amines) is 1. The summed E-state index contributed by atoms with van der Waals surface area (Å²) in [6, 6.07) is 6.80. The number of aliphatic hydroxyl groups excluding tert-OH is 1. The van der Waals surface area contributed by atoms with Crippen molar-refractivity contribution in [3.05, 3.63) is 70.7 Å². The van der Waals surface area contributed by atoms with Gasteiger partial charge in [-0.1, -0.05) is 11.8 Å². The number of hydrogen-bond donors (Lipinski definition) is 1. The van der Waals surface area contributed by atoms with Crippen molar-refractivity contribution in [2.75, 3.05) is 33.4 Å². The molecule has 1 aromatic heterocycles. The molecule has 1 atom stereocenters. The lowest BCUT2D eigenvalue weighted by atomic mass is 9.74. The van der Waals surface area contributed by atoms with Crippen molar-refractivity contribution in [2.45, 2.75) is 38.5 Å². The third-order valence-corrected chi connectivity index (χ3v) is 7.36. The number of hydrogen-bond acceptors (Lipinski definition) is 4. The zero-order valence-electron chi connectivity index (χ0n) is 21.0. The van der Waals surface area contributed by atoms with Gasteiger partial charge < -0.3 is 9.84 Å². The summed E-state index contributed by atoms with van der Waals surface area (Å²) in [5, 5.41) is 10.7. The molecule has 0 unspecified atom stereocenters. The Morgan fingerprint density at radius 1 is 1.13 bits per heavy atom. The topological polar surface area (TPSA) is 45.6 Å². The van der Waals surface area contributed by atoms with Crippen LogP contribution in [0.25, 0.3) is 10.9 Å². The van der Waals surface area contributed by atoms with Crippen LogP contribution in [0.5, 0.6) is 5.75 Å². The van der Waals surface area contributed by atoms with E-state index in [4.69, 9.17) is 4.74 Å². The van der Waals surface area contributed by atoms with Crippen molar-refractivity contribution < 1.29 is 31.8 Å². The number of ether oxygens (including phenoxy) is 1. The first-order valence-corrected chi connectivity index (χ1v) is 12.4. The molecule has 3 aromatic rings. The van der Waals surface area contributed by atoms with Crippen LogP contribution >= 0.6 is 0 Å². The molecule has 1 aliphatic heterocycles. The van der Waals surface area contributed by atoms with E-state index < -0.39 is 35.7 Å². The second-order valence-electron chi connectivity index (χ2n) is 9.71. The van der Waals surface area contributed by atoms with Crippen molar-refractivity contribution in [1.29, 1.82) is 0 Å². The highest BCUT2D eigenvalue weighted by Gasteiger charge is 2.35. The largest absolute Gasteiger partial charge is 0.497 e. The van der Waals surface area contributed by atoms with Gasteiger partial charge >= 0.3 is 0 Å². The van der Waals surface area contributed by atoms with Gasteiger partial charge in [-0.25, -0.2) is 22.0 Å². The zero-order valence-corrected chi connectivity index (χ0v) is 21.0. The summed E-state index contributed by atoms with van der Waals surface area (Å²) in [7, 11) is 1.51. The van der Waals surface area contributed by atoms with E-state index in [0.717, 1.165) is 12.1 Å². The second-order valence-corrected chi connectivity index (χ2v) is 9.71. The molecular formula is C29H29F5N2O2. The van der Waals surface area contributed by atoms with Gasteiger partial charge in [-0.3, -0.25) is 9.88 Å². The number of nitrogens with zero attached hydrogens (tertiary/aromatic N) is 2. The van der Waals surface area contributed by atoms with Crippen molar-refractivity contribution in [3.8, 4) is 17.6 Å². The Morgan fingerprint density at radius 2 is 1.84 bits per heavy atom. The fourth-order valence-electron chi connectivity index (χ4n) is 4.97. The quantitative estimate of drug-likeness (QED) is 0.218. The zero-order chi connectivity index (χ0) is 27.3. The van der Waals surface area contributed by atoms with Crippen LogP contribution in [-0.2, 0) is 6.67 Å². The Hall–Kier alpha value is -3.22. The summed E-state index contributed by atoms with van der Waals surface area (Å²) < 4.78 is 74.5. The van der Waals surface area contributed by atoms with Gasteiger partial charge in [-0.2, -0.15) is 0 Å². The maximum absolute atomic E-state index is 15.7. The standard InChI is InChI=1S/C29H29F5N2O2/c1-38-21-4-5-26-22(15-21)27(20(16-30)17-35-26)23(31)6-7-29(18-37)8-11-36(12-9-29)10-2-3-19-13-24(32)28(34)25(33)14-19/h4-5,13-15,17,23,37H,6-12,16,18H2,1H3/t23-/m1/s1. The molecule has 0 amide bonds. The minimum Gasteiger partial charge on any atom is -0.497 e. The van der Waals surface area contributed by atoms with E-state index in [1.165, 1.54) is 13.3 Å². The Kier molecular flexibility index (Phi) is 8.85. The average Bonchev–Trinajstić information content (AvgIpc) is 2.94. The van der Waals surface area contributed by atoms with Crippen molar-refractivity contribution in [3.63, 3.8) is 0 Å². The first-order chi connectivity index (χ1) is 18.3. The van der Waals surface area contributed by atoms with Crippen LogP contribution in [0.2, 0.25) is 0 Å². The van der Waals surface area contributed by atoms with Gasteiger partial charge in [0.15, 0.2) is 17.5 Å². The number of alkyl halides is 2. The third-order valence-electron chi connectivity index (χ3n) is 7.36. The highest BCUT2D eigenvalue weighted by molar-refractivity contribution is 5.85. The fraction of sp³-hybridized carbons (Fsp3) is 0.414. The molecule has 1 aliphatic rings. The van der Waals surface area contributed by atoms with Gasteiger partial charge in [0.1, 0.15) is 18.6 Å². The van der Waals surface area contributed by atoms with E-state index >= 15 is 4.39 Å². The summed E-state index contributed by atoms with van der Waals surface area (Å²) in [6.07, 6.45) is 1.68. The number of rotatable bonds is 8. The molecular weight excluding hydrogens is 503 g/mol. The van der Waals surface area contributed by atoms with Crippen LogP contribution in [0, 0.1) is 34.7 Å². The molecule has 2 heterocycles. The Morgan fingerprint density at radius 3 is 2.47 bits per heavy atom. The first-order valence-electron chi connectivity index (χ1n) is 12.4. The summed E-state index contributed by atoms with van der Waals surface area (Å²) in [4.78, 5) is 6.28. The van der Waals surface area contributed by atoms with Crippen LogP contribution in [0.15, 0.2) is 36.5 Å². The molecule has 1 fully saturated rings. The second kappa shape index (κ2) is 12.1. The maximum atomic E-state index is 15.7. The molecule has 4 nitrogen and oxygen atoms in total. The molecule has 1 saturated heterocycles. The van der Waals surface area contributed by atoms with E-state index in [2.05, 4.69) is 16.8 Å². The lowest BCUT2D eigenvalue weighted by Gasteiger charge is -2.40. The predicted molar refractivity (Wildman–Crippen MR) is 135 cm³/mol. The minimum atomic E-state index is -1.53. The molecule has 38 heavy (non-hydrogen) atoms. The third kappa shape index (κ3) is 6.08. The van der Waals surface area contributed by atoms with Gasteiger partial charge in [-0.05, 0) is 74.5 Å². The number of benzene rings is 2. The number of pyridine rings is 1. The lowest BCUT2D eigenvalue weighted by molar-refractivity contribution is 0.0344. The summed E-state index contributed by atoms with van der Waals surface area (Å²) >= 11 is 0. The molecule has 4 rings (SSSR count). The minimum absolute atomic E-state index is 0.0472. The van der Waals surface area contributed by atoms with Gasteiger partial charge in [0, 0.05) is 34.9 Å². The van der Waals surface area contributed by atoms with Crippen LogP contribution in [-0.4, -0.2) is 48.3 Å². The summed E-state index contributed by atoms with van der Waals surface area (Å²) in [5.41, 5.74) is 0.592. The Bertz CT molecular complexity index is 1320. The van der Waals surface area contributed by atoms with Crippen LogP contribution in [0.3, 0.4) is 0 Å². The van der Waals surface area contributed by atoms with E-state index in [-0.39, 0.29) is 29.7 Å². The summed E-state index contributed by atoms with van der Waals surface area (Å²) in [5.74, 6) is 1.92. The Balaban J connectivity index is 1.39. The molecule has 0 radical (unpaired) electrons. The van der Waals surface area contributed by atoms with Crippen LogP contribution < -0.4 is 4.74 Å². The molecule has 0 aliphatic carbocycles. The molecule has 0 bridgehead atoms. The molecule has 2 aromatic carbocycles. The van der Waals surface area contributed by atoms with E-state index in [1.54, 1.807) is 18.2 Å². The first kappa shape index (κ1) is 27.8. The van der Waals surface area contributed by atoms with E-state index in [9.17, 15) is 22.7 Å². The highest BCUT2D eigenvalue weighted by atomic mass is 19.2. The molecule has 1 N–H and O–H groups in total. The smallest absolute Gasteiger partial charge is 0.194 e. The van der Waals surface area contributed by atoms with Gasteiger partial charge in [0.05, 0.1) is 19.2 Å². The number of aliphatic hydroxyl groups is 1. The van der Waals surface area contributed by atoms with Crippen molar-refractivity contribution in [1.82, 2.24) is 9.88 Å². The van der Waals surface area contributed by atoms with Crippen molar-refractivity contribution in [2.24, 2.45) is 5.41 Å². The lowest BCUT2D eigenvalue weighted by Crippen LogP contribution is -2.42. The number of fused-ring (bicyclic) bond motifs is 1. The number of piperidine rings is 1. The average molecular weight is 533 g/mol. The van der Waals surface area contributed by atoms with Crippen LogP contribution in [0.1, 0.15) is 48.5 Å². The van der Waals surface area contributed by atoms with E-state index in [1.807, 2.05) is 4.90 Å². The molecule has 202 valence electrons. The highest BCUT2D eigenvalue weighted by Crippen LogP contribution is 2.41. The SMILES string of the molecule is COc1ccc2ncc(CF)c([C@H](F)CCC3(CO)CCN(CC#Cc4cc(F)c(F)c(F)c4)CC3)c2c1. The predicted octanol–water partition coefficient (Wildman–Crippen LogP) is 6.05. The van der Waals surface area contributed by atoms with E-state index in [0.29, 0.717) is 55.5 Å². The maximum Gasteiger partial charge on any atom is 0.194 e. The number of methoxy groups -OCH3 is 1. The Labute approximate surface area is 218 Å². The monoisotopic (exact) mass is 532 g/mol. The molecule has 0 saturated carbocycles. The normalized spacial score (nSPS) is 16.2. The van der Waals surface area contributed by atoms with Crippen LogP contribution in [0.4, 0.5) is 22.0 Å². The molecule has 9 heteroatoms. The van der Waals surface area contributed by atoms with Gasteiger partial charge in [-0.15, -0.1) is 0 Å². The summed E-state index contributed by atoms with van der Waals surface area (Å²) in [6.45, 7) is 0.591. The number of aromatic nitrogens is 1. The fourth-order valence-corrected chi connectivity index (χ4v) is 4.97. The molecule has 0 spiro atoms. The van der Waals surface area contributed by atoms with Crippen molar-refractivity contribution >= 4 is 10.9 Å². The van der Waals surface area contributed by atoms with Gasteiger partial charge in [0.25, 0.3) is 0 Å². The van der Waals surface area contributed by atoms with Gasteiger partial charge in [0.2, 0.25) is 0 Å².